The zero-order valence-electron chi connectivity index (χ0n) is 16.0. The van der Waals surface area contributed by atoms with E-state index in [1.54, 1.807) is 0 Å². The lowest BCUT2D eigenvalue weighted by Gasteiger charge is -2.07. The normalized spacial score (nSPS) is 10.0. The topological polar surface area (TPSA) is 142 Å². The van der Waals surface area contributed by atoms with E-state index in [2.05, 4.69) is 5.32 Å². The first-order valence-corrected chi connectivity index (χ1v) is 8.76. The Bertz CT molecular complexity index is 969. The predicted octanol–water partition coefficient (Wildman–Crippen LogP) is 2.66. The molecule has 0 fully saturated rings. The molecule has 156 valence electrons. The van der Waals surface area contributed by atoms with Crippen LogP contribution in [0, 0.1) is 10.1 Å². The number of rotatable bonds is 9. The summed E-state index contributed by atoms with van der Waals surface area (Å²) in [5, 5.41) is 13.2. The number of nitrogens with zero attached hydrogens (tertiary/aromatic N) is 1. The van der Waals surface area contributed by atoms with Crippen molar-refractivity contribution in [2.75, 3.05) is 11.9 Å². The van der Waals surface area contributed by atoms with Crippen LogP contribution in [-0.2, 0) is 19.1 Å². The Morgan fingerprint density at radius 1 is 1.03 bits per heavy atom. The number of hydrogen-bond acceptors (Lipinski definition) is 8. The molecule has 0 bridgehead atoms. The first-order chi connectivity index (χ1) is 14.2. The highest BCUT2D eigenvalue weighted by Crippen LogP contribution is 2.17. The number of amides is 1. The molecule has 2 rings (SSSR count). The van der Waals surface area contributed by atoms with Crippen molar-refractivity contribution >= 4 is 35.0 Å². The van der Waals surface area contributed by atoms with Gasteiger partial charge in [-0.1, -0.05) is 6.07 Å². The van der Waals surface area contributed by atoms with Crippen LogP contribution in [0.15, 0.2) is 48.5 Å². The molecule has 1 N–H and O–H groups in total. The van der Waals surface area contributed by atoms with Crippen LogP contribution in [0.1, 0.15) is 30.1 Å². The molecule has 0 spiro atoms. The van der Waals surface area contributed by atoms with E-state index < -0.39 is 35.2 Å². The minimum atomic E-state index is -0.742. The maximum absolute atomic E-state index is 12.0. The van der Waals surface area contributed by atoms with Gasteiger partial charge in [0.2, 0.25) is 5.91 Å². The van der Waals surface area contributed by atoms with Gasteiger partial charge in [-0.3, -0.25) is 29.3 Å². The maximum Gasteiger partial charge on any atom is 0.308 e. The van der Waals surface area contributed by atoms with Crippen LogP contribution < -0.4 is 10.1 Å². The lowest BCUT2D eigenvalue weighted by Crippen LogP contribution is -2.17. The number of esters is 2. The van der Waals surface area contributed by atoms with E-state index in [1.165, 1.54) is 55.5 Å². The number of ether oxygens (including phenoxy) is 2. The fraction of sp³-hybridized carbons (Fsp3) is 0.200. The largest absolute Gasteiger partial charge is 0.457 e. The van der Waals surface area contributed by atoms with Crippen molar-refractivity contribution in [3.8, 4) is 5.75 Å². The number of carbonyl (C=O) groups is 4. The van der Waals surface area contributed by atoms with Crippen LogP contribution in [0.2, 0.25) is 0 Å². The molecule has 0 radical (unpaired) electrons. The third kappa shape index (κ3) is 7.15. The third-order valence-corrected chi connectivity index (χ3v) is 3.70. The van der Waals surface area contributed by atoms with Crippen LogP contribution in [0.25, 0.3) is 0 Å². The van der Waals surface area contributed by atoms with E-state index in [1.807, 2.05) is 0 Å². The molecular formula is C20H18N2O8. The predicted molar refractivity (Wildman–Crippen MR) is 104 cm³/mol. The molecule has 0 unspecified atom stereocenters. The van der Waals surface area contributed by atoms with Crippen molar-refractivity contribution in [1.82, 2.24) is 0 Å². The van der Waals surface area contributed by atoms with E-state index in [-0.39, 0.29) is 35.5 Å². The van der Waals surface area contributed by atoms with Gasteiger partial charge in [-0.2, -0.15) is 0 Å². The highest BCUT2D eigenvalue weighted by Gasteiger charge is 2.13. The molecule has 0 saturated heterocycles. The van der Waals surface area contributed by atoms with Crippen LogP contribution in [-0.4, -0.2) is 35.2 Å². The van der Waals surface area contributed by atoms with Gasteiger partial charge >= 0.3 is 11.9 Å². The Balaban J connectivity index is 1.75. The Kier molecular flexibility index (Phi) is 7.74. The van der Waals surface area contributed by atoms with Gasteiger partial charge in [0.15, 0.2) is 12.4 Å². The van der Waals surface area contributed by atoms with Crippen molar-refractivity contribution < 1.29 is 33.6 Å². The number of nitro benzene ring substituents is 1. The first-order valence-electron chi connectivity index (χ1n) is 8.76. The number of anilines is 1. The molecule has 2 aromatic carbocycles. The summed E-state index contributed by atoms with van der Waals surface area (Å²) in [6.45, 7) is 0.751. The monoisotopic (exact) mass is 414 g/mol. The molecule has 10 heteroatoms. The Morgan fingerprint density at radius 2 is 1.73 bits per heavy atom. The molecule has 0 aliphatic carbocycles. The summed E-state index contributed by atoms with van der Waals surface area (Å²) in [4.78, 5) is 56.7. The number of non-ortho nitro benzene ring substituents is 1. The third-order valence-electron chi connectivity index (χ3n) is 3.70. The molecule has 0 atom stereocenters. The Hall–Kier alpha value is -4.08. The van der Waals surface area contributed by atoms with Crippen LogP contribution in [0.4, 0.5) is 11.4 Å². The smallest absolute Gasteiger partial charge is 0.308 e. The lowest BCUT2D eigenvalue weighted by atomic mass is 10.1. The number of nitrogens with one attached hydrogen (secondary N) is 1. The number of benzene rings is 2. The average molecular weight is 414 g/mol. The zero-order chi connectivity index (χ0) is 22.1. The van der Waals surface area contributed by atoms with Crippen LogP contribution in [0.5, 0.6) is 5.75 Å². The fourth-order valence-corrected chi connectivity index (χ4v) is 2.31. The number of Topliss-reactive ketones (excluding diaryl/α,β-unsaturated/α-hetero) is 1. The maximum atomic E-state index is 12.0. The minimum absolute atomic E-state index is 0.174. The standard InChI is InChI=1S/C20H18N2O8/c1-13(23)30-17-7-5-14(6-8-17)18(24)12-29-20(26)10-9-19(25)21-15-3-2-4-16(11-15)22(27)28/h2-8,11H,9-10,12H2,1H3,(H,21,25). The molecular weight excluding hydrogens is 396 g/mol. The molecule has 0 aromatic heterocycles. The first kappa shape index (κ1) is 22.2. The van der Waals surface area contributed by atoms with Gasteiger partial charge in [0.1, 0.15) is 5.75 Å². The summed E-state index contributed by atoms with van der Waals surface area (Å²) in [7, 11) is 0. The second kappa shape index (κ2) is 10.5. The van der Waals surface area contributed by atoms with Gasteiger partial charge in [-0.05, 0) is 30.3 Å². The summed E-state index contributed by atoms with van der Waals surface area (Å²) >= 11 is 0. The highest BCUT2D eigenvalue weighted by molar-refractivity contribution is 5.98. The molecule has 0 aliphatic heterocycles. The second-order valence-electron chi connectivity index (χ2n) is 6.06. The molecule has 1 amide bonds. The summed E-state index contributed by atoms with van der Waals surface area (Å²) < 4.78 is 9.72. The van der Waals surface area contributed by atoms with Gasteiger partial charge in [-0.15, -0.1) is 0 Å². The summed E-state index contributed by atoms with van der Waals surface area (Å²) in [6.07, 6.45) is -0.480. The van der Waals surface area contributed by atoms with Crippen LogP contribution >= 0.6 is 0 Å². The Labute approximate surface area is 170 Å². The molecule has 0 heterocycles. The molecule has 2 aromatic rings. The van der Waals surface area contributed by atoms with Gasteiger partial charge in [0.05, 0.1) is 11.3 Å². The molecule has 0 saturated carbocycles. The Morgan fingerprint density at radius 3 is 2.37 bits per heavy atom. The van der Waals surface area contributed by atoms with Crippen molar-refractivity contribution in [3.63, 3.8) is 0 Å². The summed E-state index contributed by atoms with van der Waals surface area (Å²) in [5.74, 6) is -1.93. The van der Waals surface area contributed by atoms with Gasteiger partial charge in [0.25, 0.3) is 5.69 Å². The van der Waals surface area contributed by atoms with E-state index in [0.717, 1.165) is 0 Å². The van der Waals surface area contributed by atoms with E-state index >= 15 is 0 Å². The summed E-state index contributed by atoms with van der Waals surface area (Å²) in [6, 6.07) is 11.1. The van der Waals surface area contributed by atoms with E-state index in [9.17, 15) is 29.3 Å². The molecule has 0 aliphatic rings. The van der Waals surface area contributed by atoms with Crippen molar-refractivity contribution in [1.29, 1.82) is 0 Å². The molecule has 10 nitrogen and oxygen atoms in total. The minimum Gasteiger partial charge on any atom is -0.457 e. The quantitative estimate of drug-likeness (QED) is 0.217. The van der Waals surface area contributed by atoms with Crippen molar-refractivity contribution in [3.05, 3.63) is 64.2 Å². The highest BCUT2D eigenvalue weighted by atomic mass is 16.6. The SMILES string of the molecule is CC(=O)Oc1ccc(C(=O)COC(=O)CCC(=O)Nc2cccc([N+](=O)[O-])c2)cc1. The van der Waals surface area contributed by atoms with Crippen molar-refractivity contribution in [2.24, 2.45) is 0 Å². The number of hydrogen-bond donors (Lipinski definition) is 1. The number of ketones is 1. The van der Waals surface area contributed by atoms with Crippen molar-refractivity contribution in [2.45, 2.75) is 19.8 Å². The zero-order valence-corrected chi connectivity index (χ0v) is 16.0. The van der Waals surface area contributed by atoms with Gasteiger partial charge < -0.3 is 14.8 Å². The van der Waals surface area contributed by atoms with Gasteiger partial charge in [-0.25, -0.2) is 0 Å². The number of nitro groups is 1. The second-order valence-corrected chi connectivity index (χ2v) is 6.06. The van der Waals surface area contributed by atoms with Crippen LogP contribution in [0.3, 0.4) is 0 Å². The van der Waals surface area contributed by atoms with E-state index in [4.69, 9.17) is 9.47 Å². The average Bonchev–Trinajstić information content (AvgIpc) is 2.70. The lowest BCUT2D eigenvalue weighted by molar-refractivity contribution is -0.384. The summed E-state index contributed by atoms with van der Waals surface area (Å²) in [5.41, 5.74) is 0.323. The molecule has 30 heavy (non-hydrogen) atoms. The van der Waals surface area contributed by atoms with E-state index in [0.29, 0.717) is 0 Å². The van der Waals surface area contributed by atoms with Gasteiger partial charge in [0, 0.05) is 36.7 Å². The fourth-order valence-electron chi connectivity index (χ4n) is 2.31. The number of carbonyl (C=O) groups excluding carboxylic acids is 4.